The van der Waals surface area contributed by atoms with Crippen LogP contribution < -0.4 is 4.74 Å². The van der Waals surface area contributed by atoms with Gasteiger partial charge in [0.15, 0.2) is 9.84 Å². The van der Waals surface area contributed by atoms with Crippen LogP contribution in [-0.2, 0) is 24.2 Å². The molecule has 2 rings (SSSR count). The van der Waals surface area contributed by atoms with Crippen molar-refractivity contribution >= 4 is 25.7 Å². The molecule has 0 radical (unpaired) electrons. The summed E-state index contributed by atoms with van der Waals surface area (Å²) in [5.74, 6) is -4.85. The van der Waals surface area contributed by atoms with Gasteiger partial charge < -0.3 is 4.74 Å². The van der Waals surface area contributed by atoms with Gasteiger partial charge in [-0.1, -0.05) is 23.4 Å². The maximum absolute atomic E-state index is 14.0. The molecule has 0 aromatic heterocycles. The van der Waals surface area contributed by atoms with Gasteiger partial charge in [-0.15, -0.1) is 0 Å². The number of oxime groups is 1. The second-order valence-electron chi connectivity index (χ2n) is 5.89. The van der Waals surface area contributed by atoms with E-state index < -0.39 is 48.1 Å². The molecular formula is C16H14F5NO6S2. The maximum Gasteiger partial charge on any atom is 0.536 e. The summed E-state index contributed by atoms with van der Waals surface area (Å²) in [7, 11) is -9.66. The highest BCUT2D eigenvalue weighted by atomic mass is 32.2. The van der Waals surface area contributed by atoms with E-state index in [1.54, 1.807) is 0 Å². The van der Waals surface area contributed by atoms with Gasteiger partial charge in [0.25, 0.3) is 5.92 Å². The minimum atomic E-state index is -6.20. The van der Waals surface area contributed by atoms with Gasteiger partial charge in [-0.05, 0) is 30.3 Å². The Morgan fingerprint density at radius 3 is 2.20 bits per heavy atom. The molecule has 0 bridgehead atoms. The van der Waals surface area contributed by atoms with E-state index >= 15 is 0 Å². The number of hydrogen-bond acceptors (Lipinski definition) is 7. The molecule has 1 aromatic carbocycles. The predicted octanol–water partition coefficient (Wildman–Crippen LogP) is 2.81. The normalized spacial score (nSPS) is 19.5. The van der Waals surface area contributed by atoms with Crippen LogP contribution in [0, 0.1) is 0 Å². The van der Waals surface area contributed by atoms with Gasteiger partial charge in [0, 0.05) is 5.56 Å². The zero-order valence-electron chi connectivity index (χ0n) is 15.0. The Hall–Kier alpha value is -2.48. The number of benzene rings is 1. The molecule has 1 aliphatic carbocycles. The molecular weight excluding hydrogens is 461 g/mol. The first-order valence-electron chi connectivity index (χ1n) is 7.86. The second kappa shape index (κ2) is 8.34. The Labute approximate surface area is 168 Å². The summed E-state index contributed by atoms with van der Waals surface area (Å²) in [6.45, 7) is 0. The highest BCUT2D eigenvalue weighted by Crippen LogP contribution is 2.31. The second-order valence-corrected chi connectivity index (χ2v) is 9.53. The number of nitrogens with zero attached hydrogens (tertiary/aromatic N) is 1. The topological polar surface area (TPSA) is 99.1 Å². The lowest BCUT2D eigenvalue weighted by Gasteiger charge is -2.23. The van der Waals surface area contributed by atoms with Gasteiger partial charge in [0.2, 0.25) is 0 Å². The van der Waals surface area contributed by atoms with Crippen molar-refractivity contribution in [3.63, 3.8) is 0 Å². The van der Waals surface area contributed by atoms with E-state index in [2.05, 4.69) is 9.44 Å². The van der Waals surface area contributed by atoms with Crippen LogP contribution >= 0.6 is 0 Å². The molecule has 1 unspecified atom stereocenters. The number of alkyl halides is 5. The number of halogens is 5. The molecule has 0 spiro atoms. The van der Waals surface area contributed by atoms with Crippen molar-refractivity contribution in [1.82, 2.24) is 0 Å². The van der Waals surface area contributed by atoms with Crippen molar-refractivity contribution < 1.29 is 47.8 Å². The molecule has 0 aliphatic heterocycles. The first-order chi connectivity index (χ1) is 13.7. The van der Waals surface area contributed by atoms with Crippen LogP contribution in [0.15, 0.2) is 53.7 Å². The van der Waals surface area contributed by atoms with Crippen LogP contribution in [0.2, 0.25) is 0 Å². The molecule has 0 N–H and O–H groups in total. The third kappa shape index (κ3) is 5.36. The van der Waals surface area contributed by atoms with Crippen molar-refractivity contribution in [3.8, 4) is 5.75 Å². The Morgan fingerprint density at radius 2 is 1.70 bits per heavy atom. The lowest BCUT2D eigenvalue weighted by molar-refractivity contribution is -0.0540. The number of hydrogen-bond donors (Lipinski definition) is 0. The summed E-state index contributed by atoms with van der Waals surface area (Å²) in [6.07, 6.45) is 3.05. The molecule has 0 heterocycles. The van der Waals surface area contributed by atoms with Gasteiger partial charge in [0.05, 0.1) is 12.9 Å². The van der Waals surface area contributed by atoms with E-state index in [-0.39, 0.29) is 11.3 Å². The lowest BCUT2D eigenvalue weighted by Crippen LogP contribution is -2.41. The largest absolute Gasteiger partial charge is 0.536 e. The summed E-state index contributed by atoms with van der Waals surface area (Å²) >= 11 is 0. The van der Waals surface area contributed by atoms with Crippen molar-refractivity contribution in [2.24, 2.45) is 5.16 Å². The van der Waals surface area contributed by atoms with Crippen molar-refractivity contribution in [3.05, 3.63) is 54.1 Å². The van der Waals surface area contributed by atoms with Crippen molar-refractivity contribution in [1.29, 1.82) is 0 Å². The van der Waals surface area contributed by atoms with E-state index in [9.17, 15) is 38.8 Å². The van der Waals surface area contributed by atoms with E-state index in [0.29, 0.717) is 12.2 Å². The van der Waals surface area contributed by atoms with E-state index in [4.69, 9.17) is 4.74 Å². The summed E-state index contributed by atoms with van der Waals surface area (Å²) < 4.78 is 121. The van der Waals surface area contributed by atoms with Gasteiger partial charge in [0.1, 0.15) is 16.7 Å². The van der Waals surface area contributed by atoms with Crippen LogP contribution in [0.25, 0.3) is 0 Å². The first kappa shape index (κ1) is 23.8. The quantitative estimate of drug-likeness (QED) is 0.260. The molecule has 0 saturated heterocycles. The summed E-state index contributed by atoms with van der Waals surface area (Å²) in [5.41, 5.74) is -6.84. The Balaban J connectivity index is 2.46. The number of sulfone groups is 1. The van der Waals surface area contributed by atoms with Crippen LogP contribution in [0.3, 0.4) is 0 Å². The smallest absolute Gasteiger partial charge is 0.497 e. The summed E-state index contributed by atoms with van der Waals surface area (Å²) in [6, 6.07) is 4.83. The average Bonchev–Trinajstić information content (AvgIpc) is 2.63. The molecule has 0 fully saturated rings. The fourth-order valence-corrected chi connectivity index (χ4v) is 4.23. The minimum Gasteiger partial charge on any atom is -0.497 e. The molecule has 1 aromatic rings. The molecule has 166 valence electrons. The fourth-order valence-electron chi connectivity index (χ4n) is 2.29. The zero-order valence-corrected chi connectivity index (χ0v) is 16.6. The van der Waals surface area contributed by atoms with Crippen LogP contribution in [-0.4, -0.2) is 52.1 Å². The Kier molecular flexibility index (Phi) is 6.61. The molecule has 30 heavy (non-hydrogen) atoms. The SMILES string of the molecule is COc1ccc(C(CS(=O)(=O)C2C=CC=CC2(F)F)=NOS(=O)(=O)C(F)(F)F)cc1. The first-order valence-corrected chi connectivity index (χ1v) is 11.0. The Morgan fingerprint density at radius 1 is 1.10 bits per heavy atom. The molecule has 0 amide bonds. The van der Waals surface area contributed by atoms with E-state index in [1.807, 2.05) is 0 Å². The van der Waals surface area contributed by atoms with E-state index in [1.165, 1.54) is 19.2 Å². The fraction of sp³-hybridized carbons (Fsp3) is 0.312. The monoisotopic (exact) mass is 475 g/mol. The zero-order chi connectivity index (χ0) is 22.8. The van der Waals surface area contributed by atoms with Crippen LogP contribution in [0.1, 0.15) is 5.56 Å². The summed E-state index contributed by atoms with van der Waals surface area (Å²) in [4.78, 5) is 0. The van der Waals surface area contributed by atoms with Gasteiger partial charge >= 0.3 is 15.6 Å². The van der Waals surface area contributed by atoms with Crippen LogP contribution in [0.4, 0.5) is 22.0 Å². The lowest BCUT2D eigenvalue weighted by atomic mass is 10.1. The standard InChI is InChI=1S/C16H14F5NO6S2/c1-27-12-7-5-11(6-8-12)13(22-28-30(25,26)16(19,20)21)10-29(23,24)14-4-2-3-9-15(14,17)18/h2-9,14H,10H2,1H3. The van der Waals surface area contributed by atoms with Gasteiger partial charge in [-0.3, -0.25) is 4.28 Å². The molecule has 7 nitrogen and oxygen atoms in total. The molecule has 0 saturated carbocycles. The summed E-state index contributed by atoms with van der Waals surface area (Å²) in [5, 5.41) is 0.482. The minimum absolute atomic E-state index is 0.185. The van der Waals surface area contributed by atoms with Crippen molar-refractivity contribution in [2.75, 3.05) is 12.9 Å². The predicted molar refractivity (Wildman–Crippen MR) is 96.4 cm³/mol. The van der Waals surface area contributed by atoms with Crippen LogP contribution in [0.5, 0.6) is 5.75 Å². The molecule has 1 aliphatic rings. The number of allylic oxidation sites excluding steroid dienone is 3. The van der Waals surface area contributed by atoms with Gasteiger partial charge in [-0.2, -0.15) is 21.6 Å². The maximum atomic E-state index is 14.0. The molecule has 1 atom stereocenters. The Bertz CT molecular complexity index is 1070. The number of rotatable bonds is 7. The van der Waals surface area contributed by atoms with Crippen molar-refractivity contribution in [2.45, 2.75) is 16.7 Å². The van der Waals surface area contributed by atoms with E-state index in [0.717, 1.165) is 24.3 Å². The highest BCUT2D eigenvalue weighted by Gasteiger charge is 2.49. The number of methoxy groups -OCH3 is 1. The highest BCUT2D eigenvalue weighted by molar-refractivity contribution is 7.93. The van der Waals surface area contributed by atoms with Gasteiger partial charge in [-0.25, -0.2) is 17.2 Å². The third-order valence-corrected chi connectivity index (χ3v) is 6.53. The molecule has 14 heteroatoms. The third-order valence-electron chi connectivity index (χ3n) is 3.77. The number of ether oxygens (including phenoxy) is 1. The average molecular weight is 475 g/mol.